The number of benzene rings is 3. The SMILES string of the molecule is CCOC(=O)N1c2cc(OC)c(OC)cc2[C@H](N(Cc2ccccc2)C(=O)Cc2ccccc2Cl)C[C@@H]1C. The normalized spacial score (nSPS) is 16.4. The number of carbonyl (C=O) groups excluding carboxylic acids is 2. The monoisotopic (exact) mass is 536 g/mol. The van der Waals surface area contributed by atoms with Crippen LogP contribution in [0.4, 0.5) is 10.5 Å². The zero-order valence-corrected chi connectivity index (χ0v) is 22.9. The number of anilines is 1. The number of methoxy groups -OCH3 is 2. The summed E-state index contributed by atoms with van der Waals surface area (Å²) < 4.78 is 16.6. The number of nitrogens with zero attached hydrogens (tertiary/aromatic N) is 2. The molecule has 200 valence electrons. The third-order valence-electron chi connectivity index (χ3n) is 6.81. The predicted octanol–water partition coefficient (Wildman–Crippen LogP) is 6.42. The molecule has 3 aromatic carbocycles. The molecule has 8 heteroatoms. The average molecular weight is 537 g/mol. The van der Waals surface area contributed by atoms with Crippen LogP contribution in [0.25, 0.3) is 0 Å². The second kappa shape index (κ2) is 12.2. The van der Waals surface area contributed by atoms with E-state index in [1.807, 2.05) is 66.4 Å². The van der Waals surface area contributed by atoms with E-state index in [-0.39, 0.29) is 31.0 Å². The maximum absolute atomic E-state index is 14.0. The second-order valence-electron chi connectivity index (χ2n) is 9.21. The van der Waals surface area contributed by atoms with Crippen LogP contribution in [0.1, 0.15) is 43.0 Å². The van der Waals surface area contributed by atoms with Crippen LogP contribution in [0.3, 0.4) is 0 Å². The van der Waals surface area contributed by atoms with Gasteiger partial charge in [-0.05, 0) is 43.5 Å². The van der Waals surface area contributed by atoms with Crippen molar-refractivity contribution < 1.29 is 23.8 Å². The van der Waals surface area contributed by atoms with Crippen LogP contribution in [-0.4, -0.2) is 43.8 Å². The molecular formula is C30H33ClN2O5. The zero-order valence-electron chi connectivity index (χ0n) is 22.1. The van der Waals surface area contributed by atoms with Crippen LogP contribution in [0.5, 0.6) is 11.5 Å². The maximum atomic E-state index is 14.0. The van der Waals surface area contributed by atoms with Crippen molar-refractivity contribution in [2.24, 2.45) is 0 Å². The first-order valence-electron chi connectivity index (χ1n) is 12.7. The van der Waals surface area contributed by atoms with Crippen molar-refractivity contribution in [3.05, 3.63) is 88.4 Å². The van der Waals surface area contributed by atoms with E-state index in [4.69, 9.17) is 25.8 Å². The van der Waals surface area contributed by atoms with Gasteiger partial charge in [-0.2, -0.15) is 0 Å². The first-order valence-corrected chi connectivity index (χ1v) is 13.0. The largest absolute Gasteiger partial charge is 0.493 e. The van der Waals surface area contributed by atoms with Gasteiger partial charge in [0.05, 0.1) is 39.0 Å². The van der Waals surface area contributed by atoms with E-state index in [0.29, 0.717) is 35.2 Å². The molecule has 2 atom stereocenters. The zero-order chi connectivity index (χ0) is 27.2. The lowest BCUT2D eigenvalue weighted by molar-refractivity contribution is -0.134. The summed E-state index contributed by atoms with van der Waals surface area (Å²) in [5.74, 6) is 0.947. The summed E-state index contributed by atoms with van der Waals surface area (Å²) in [4.78, 5) is 30.5. The third kappa shape index (κ3) is 5.73. The summed E-state index contributed by atoms with van der Waals surface area (Å²) in [5.41, 5.74) is 3.19. The Morgan fingerprint density at radius 2 is 1.66 bits per heavy atom. The lowest BCUT2D eigenvalue weighted by Crippen LogP contribution is -2.48. The lowest BCUT2D eigenvalue weighted by atomic mass is 9.89. The second-order valence-corrected chi connectivity index (χ2v) is 9.62. The number of carbonyl (C=O) groups is 2. The fourth-order valence-corrected chi connectivity index (χ4v) is 5.18. The molecule has 0 radical (unpaired) electrons. The minimum atomic E-state index is -0.441. The van der Waals surface area contributed by atoms with Crippen molar-refractivity contribution in [3.63, 3.8) is 0 Å². The van der Waals surface area contributed by atoms with Gasteiger partial charge in [0.1, 0.15) is 0 Å². The van der Waals surface area contributed by atoms with Gasteiger partial charge in [-0.15, -0.1) is 0 Å². The fraction of sp³-hybridized carbons (Fsp3) is 0.333. The highest BCUT2D eigenvalue weighted by Gasteiger charge is 2.40. The molecule has 1 aliphatic heterocycles. The fourth-order valence-electron chi connectivity index (χ4n) is 4.98. The van der Waals surface area contributed by atoms with Gasteiger partial charge >= 0.3 is 6.09 Å². The number of amides is 2. The summed E-state index contributed by atoms with van der Waals surface area (Å²) >= 11 is 6.42. The van der Waals surface area contributed by atoms with Crippen LogP contribution < -0.4 is 14.4 Å². The average Bonchev–Trinajstić information content (AvgIpc) is 2.92. The standard InChI is InChI=1S/C30H33ClN2O5/c1-5-38-30(35)33-20(2)15-25(23-17-27(36-3)28(37-4)18-26(23)33)32(19-21-11-7-6-8-12-21)29(34)16-22-13-9-10-14-24(22)31/h6-14,17-18,20,25H,5,15-16,19H2,1-4H3/t20-,25+/m0/s1. The molecular weight excluding hydrogens is 504 g/mol. The molecule has 0 saturated carbocycles. The van der Waals surface area contributed by atoms with Crippen molar-refractivity contribution in [1.82, 2.24) is 4.90 Å². The van der Waals surface area contributed by atoms with E-state index in [0.717, 1.165) is 16.7 Å². The van der Waals surface area contributed by atoms with E-state index in [9.17, 15) is 9.59 Å². The van der Waals surface area contributed by atoms with Crippen LogP contribution in [0, 0.1) is 0 Å². The van der Waals surface area contributed by atoms with Crippen LogP contribution >= 0.6 is 11.6 Å². The molecule has 0 spiro atoms. The third-order valence-corrected chi connectivity index (χ3v) is 7.18. The number of hydrogen-bond donors (Lipinski definition) is 0. The first kappa shape index (κ1) is 27.3. The van der Waals surface area contributed by atoms with E-state index >= 15 is 0 Å². The van der Waals surface area contributed by atoms with Crippen LogP contribution in [-0.2, 0) is 22.5 Å². The number of halogens is 1. The Balaban J connectivity index is 1.83. The van der Waals surface area contributed by atoms with Gasteiger partial charge in [-0.25, -0.2) is 4.79 Å². The Kier molecular flexibility index (Phi) is 8.79. The van der Waals surface area contributed by atoms with Crippen LogP contribution in [0.15, 0.2) is 66.7 Å². The molecule has 2 amide bonds. The summed E-state index contributed by atoms with van der Waals surface area (Å²) in [6, 6.07) is 20.3. The van der Waals surface area contributed by atoms with Gasteiger partial charge in [-0.1, -0.05) is 60.1 Å². The minimum Gasteiger partial charge on any atom is -0.493 e. The molecule has 0 saturated heterocycles. The smallest absolute Gasteiger partial charge is 0.414 e. The predicted molar refractivity (Wildman–Crippen MR) is 148 cm³/mol. The highest BCUT2D eigenvalue weighted by atomic mass is 35.5. The molecule has 0 N–H and O–H groups in total. The molecule has 1 heterocycles. The molecule has 0 aliphatic carbocycles. The van der Waals surface area contributed by atoms with E-state index in [2.05, 4.69) is 0 Å². The van der Waals surface area contributed by atoms with Crippen LogP contribution in [0.2, 0.25) is 5.02 Å². The van der Waals surface area contributed by atoms with E-state index in [1.54, 1.807) is 38.2 Å². The summed E-state index contributed by atoms with van der Waals surface area (Å²) in [5, 5.41) is 0.554. The molecule has 3 aromatic rings. The van der Waals surface area contributed by atoms with Gasteiger partial charge in [0, 0.05) is 29.2 Å². The van der Waals surface area contributed by atoms with Crippen molar-refractivity contribution in [2.45, 2.75) is 45.3 Å². The Labute approximate surface area is 228 Å². The van der Waals surface area contributed by atoms with Crippen molar-refractivity contribution in [3.8, 4) is 11.5 Å². The molecule has 0 fully saturated rings. The summed E-state index contributed by atoms with van der Waals surface area (Å²) in [6.45, 7) is 4.39. The molecule has 0 bridgehead atoms. The number of fused-ring (bicyclic) bond motifs is 1. The Morgan fingerprint density at radius 3 is 2.32 bits per heavy atom. The number of ether oxygens (including phenoxy) is 3. The highest BCUT2D eigenvalue weighted by molar-refractivity contribution is 6.31. The van der Waals surface area contributed by atoms with Gasteiger partial charge in [0.25, 0.3) is 0 Å². The van der Waals surface area contributed by atoms with E-state index < -0.39 is 6.09 Å². The highest BCUT2D eigenvalue weighted by Crippen LogP contribution is 2.46. The molecule has 7 nitrogen and oxygen atoms in total. The lowest BCUT2D eigenvalue weighted by Gasteiger charge is -2.43. The quantitative estimate of drug-likeness (QED) is 0.332. The molecule has 4 rings (SSSR count). The molecule has 38 heavy (non-hydrogen) atoms. The van der Waals surface area contributed by atoms with Crippen molar-refractivity contribution in [1.29, 1.82) is 0 Å². The Morgan fingerprint density at radius 1 is 1.00 bits per heavy atom. The topological polar surface area (TPSA) is 68.3 Å². The van der Waals surface area contributed by atoms with Crippen molar-refractivity contribution >= 4 is 29.3 Å². The number of hydrogen-bond acceptors (Lipinski definition) is 5. The molecule has 1 aliphatic rings. The first-order chi connectivity index (χ1) is 18.4. The van der Waals surface area contributed by atoms with Gasteiger partial charge < -0.3 is 19.1 Å². The van der Waals surface area contributed by atoms with Gasteiger partial charge in [0.2, 0.25) is 5.91 Å². The van der Waals surface area contributed by atoms with Gasteiger partial charge in [0.15, 0.2) is 11.5 Å². The van der Waals surface area contributed by atoms with Crippen molar-refractivity contribution in [2.75, 3.05) is 25.7 Å². The summed E-state index contributed by atoms with van der Waals surface area (Å²) in [6.07, 6.45) is 0.230. The summed E-state index contributed by atoms with van der Waals surface area (Å²) in [7, 11) is 3.12. The number of rotatable bonds is 8. The Bertz CT molecular complexity index is 1280. The maximum Gasteiger partial charge on any atom is 0.414 e. The van der Waals surface area contributed by atoms with E-state index in [1.165, 1.54) is 0 Å². The minimum absolute atomic E-state index is 0.0653. The van der Waals surface area contributed by atoms with Gasteiger partial charge in [-0.3, -0.25) is 9.69 Å². The molecule has 0 aromatic heterocycles. The Hall–Kier alpha value is -3.71. The molecule has 0 unspecified atom stereocenters.